The van der Waals surface area contributed by atoms with Crippen LogP contribution < -0.4 is 0 Å². The van der Waals surface area contributed by atoms with Crippen LogP contribution in [0, 0.1) is 0 Å². The van der Waals surface area contributed by atoms with Crippen LogP contribution in [-0.4, -0.2) is 52.1 Å². The zero-order valence-electron chi connectivity index (χ0n) is 13.3. The summed E-state index contributed by atoms with van der Waals surface area (Å²) in [6.45, 7) is 6.14. The van der Waals surface area contributed by atoms with Gasteiger partial charge in [0, 0.05) is 13.1 Å². The number of carbonyl (C=O) groups excluding carboxylic acids is 1. The van der Waals surface area contributed by atoms with Gasteiger partial charge >= 0.3 is 13.8 Å². The number of rotatable bonds is 5. The van der Waals surface area contributed by atoms with E-state index in [1.165, 1.54) is 27.2 Å². The summed E-state index contributed by atoms with van der Waals surface area (Å²) >= 11 is 2.30. The molecule has 0 aromatic heterocycles. The highest BCUT2D eigenvalue weighted by molar-refractivity contribution is 8.13. The Balaban J connectivity index is 2.70. The Morgan fingerprint density at radius 3 is 2.45 bits per heavy atom. The molecule has 0 N–H and O–H groups in total. The van der Waals surface area contributed by atoms with Gasteiger partial charge in [-0.2, -0.15) is 0 Å². The van der Waals surface area contributed by atoms with Gasteiger partial charge in [-0.25, -0.2) is 13.7 Å². The largest absolute Gasteiger partial charge is 0.446 e. The fourth-order valence-corrected chi connectivity index (χ4v) is 4.56. The minimum absolute atomic E-state index is 0.166. The third-order valence-electron chi connectivity index (χ3n) is 2.49. The van der Waals surface area contributed by atoms with E-state index in [1.54, 1.807) is 6.92 Å². The molecule has 8 nitrogen and oxygen atoms in total. The summed E-state index contributed by atoms with van der Waals surface area (Å²) in [6, 6.07) is -0.166. The van der Waals surface area contributed by atoms with E-state index >= 15 is 0 Å². The van der Waals surface area contributed by atoms with Crippen LogP contribution in [0.2, 0.25) is 0 Å². The Morgan fingerprint density at radius 1 is 1.36 bits per heavy atom. The van der Waals surface area contributed by atoms with Crippen LogP contribution in [0.5, 0.6) is 0 Å². The average molecular weight is 371 g/mol. The number of hydrogen-bond acceptors (Lipinski definition) is 8. The van der Waals surface area contributed by atoms with Crippen molar-refractivity contribution < 1.29 is 23.2 Å². The van der Waals surface area contributed by atoms with Gasteiger partial charge in [-0.3, -0.25) is 13.9 Å². The second kappa shape index (κ2) is 9.14. The Bertz CT molecular complexity index is 453. The van der Waals surface area contributed by atoms with Crippen molar-refractivity contribution >= 4 is 42.8 Å². The second-order valence-corrected chi connectivity index (χ2v) is 8.89. The first-order valence-corrected chi connectivity index (χ1v) is 10.2. The van der Waals surface area contributed by atoms with Gasteiger partial charge in [0.1, 0.15) is 5.04 Å². The van der Waals surface area contributed by atoms with Crippen LogP contribution in [0.15, 0.2) is 5.16 Å². The van der Waals surface area contributed by atoms with Crippen LogP contribution >= 0.6 is 31.6 Å². The molecule has 1 fully saturated rings. The summed E-state index contributed by atoms with van der Waals surface area (Å²) < 4.78 is 26.0. The minimum atomic E-state index is -3.41. The van der Waals surface area contributed by atoms with Crippen LogP contribution in [0.4, 0.5) is 4.79 Å². The first-order chi connectivity index (χ1) is 10.3. The van der Waals surface area contributed by atoms with Gasteiger partial charge in [0.25, 0.3) is 0 Å². The molecule has 22 heavy (non-hydrogen) atoms. The molecule has 0 radical (unpaired) electrons. The first-order valence-electron chi connectivity index (χ1n) is 6.70. The van der Waals surface area contributed by atoms with Crippen molar-refractivity contribution in [2.45, 2.75) is 33.2 Å². The molecule has 0 bridgehead atoms. The highest BCUT2D eigenvalue weighted by atomic mass is 32.2. The van der Waals surface area contributed by atoms with Crippen LogP contribution in [0.25, 0.3) is 0 Å². The summed E-state index contributed by atoms with van der Waals surface area (Å²) in [5.74, 6) is 0. The average Bonchev–Trinajstić information content (AvgIpc) is 2.49. The molecule has 1 heterocycles. The van der Waals surface area contributed by atoms with Crippen molar-refractivity contribution in [1.29, 1.82) is 0 Å². The second-order valence-electron chi connectivity index (χ2n) is 4.64. The van der Waals surface area contributed by atoms with E-state index < -0.39 is 13.8 Å². The lowest BCUT2D eigenvalue weighted by Gasteiger charge is -2.35. The zero-order chi connectivity index (χ0) is 16.8. The van der Waals surface area contributed by atoms with Gasteiger partial charge in [-0.05, 0) is 33.4 Å². The standard InChI is InChI=1S/C11H22N3O5PS2/c1-9(2)14(20(16)17-7-6-8-18-20)22-13(4)11(15)19-12-10(3)21-5/h9H,6-8H2,1-5H3. The summed E-state index contributed by atoms with van der Waals surface area (Å²) in [6.07, 6.45) is 1.85. The monoisotopic (exact) mass is 371 g/mol. The number of nitrogens with zero attached hydrogens (tertiary/aromatic N) is 3. The molecule has 0 aliphatic carbocycles. The molecule has 11 heteroatoms. The molecule has 0 saturated carbocycles. The summed E-state index contributed by atoms with van der Waals surface area (Å²) in [5.41, 5.74) is 0. The maximum absolute atomic E-state index is 12.7. The van der Waals surface area contributed by atoms with E-state index in [0.29, 0.717) is 24.7 Å². The smallest absolute Gasteiger partial charge is 0.296 e. The lowest BCUT2D eigenvalue weighted by Crippen LogP contribution is -2.32. The predicted molar refractivity (Wildman–Crippen MR) is 89.6 cm³/mol. The van der Waals surface area contributed by atoms with E-state index in [-0.39, 0.29) is 6.04 Å². The topological polar surface area (TPSA) is 80.7 Å². The van der Waals surface area contributed by atoms with Gasteiger partial charge in [-0.1, -0.05) is 5.16 Å². The number of hydrogen-bond donors (Lipinski definition) is 0. The molecular formula is C11H22N3O5PS2. The molecule has 1 rings (SSSR count). The fraction of sp³-hybridized carbons (Fsp3) is 0.818. The summed E-state index contributed by atoms with van der Waals surface area (Å²) in [4.78, 5) is 16.7. The molecule has 1 aliphatic heterocycles. The summed E-state index contributed by atoms with van der Waals surface area (Å²) in [5, 5.41) is 4.29. The Morgan fingerprint density at radius 2 is 1.95 bits per heavy atom. The molecule has 0 atom stereocenters. The normalized spacial score (nSPS) is 18.6. The lowest BCUT2D eigenvalue weighted by molar-refractivity contribution is 0.120. The van der Waals surface area contributed by atoms with Crippen LogP contribution in [0.3, 0.4) is 0 Å². The summed E-state index contributed by atoms with van der Waals surface area (Å²) in [7, 11) is -1.91. The maximum atomic E-state index is 12.7. The third-order valence-corrected chi connectivity index (χ3v) is 6.92. The number of oxime groups is 1. The van der Waals surface area contributed by atoms with E-state index in [9.17, 15) is 9.36 Å². The Kier molecular flexibility index (Phi) is 8.23. The zero-order valence-corrected chi connectivity index (χ0v) is 15.9. The van der Waals surface area contributed by atoms with Crippen molar-refractivity contribution in [2.75, 3.05) is 26.5 Å². The van der Waals surface area contributed by atoms with E-state index in [0.717, 1.165) is 12.1 Å². The Hall–Kier alpha value is -0.250. The third kappa shape index (κ3) is 5.75. The van der Waals surface area contributed by atoms with E-state index in [4.69, 9.17) is 13.9 Å². The maximum Gasteiger partial charge on any atom is 0.446 e. The molecule has 1 amide bonds. The number of thioether (sulfide) groups is 1. The van der Waals surface area contributed by atoms with Crippen molar-refractivity contribution in [3.63, 3.8) is 0 Å². The molecule has 1 saturated heterocycles. The molecular weight excluding hydrogens is 349 g/mol. The first kappa shape index (κ1) is 19.8. The quantitative estimate of drug-likeness (QED) is 0.181. The fourth-order valence-electron chi connectivity index (χ4n) is 1.35. The van der Waals surface area contributed by atoms with Crippen LogP contribution in [-0.2, 0) is 18.5 Å². The molecule has 0 aromatic carbocycles. The number of amides is 1. The van der Waals surface area contributed by atoms with Gasteiger partial charge in [0.15, 0.2) is 0 Å². The molecule has 128 valence electrons. The van der Waals surface area contributed by atoms with Gasteiger partial charge < -0.3 is 0 Å². The minimum Gasteiger partial charge on any atom is -0.296 e. The highest BCUT2D eigenvalue weighted by Crippen LogP contribution is 2.58. The molecule has 0 aromatic rings. The van der Waals surface area contributed by atoms with Crippen molar-refractivity contribution in [2.24, 2.45) is 5.16 Å². The predicted octanol–water partition coefficient (Wildman–Crippen LogP) is 3.57. The molecule has 1 aliphatic rings. The van der Waals surface area contributed by atoms with Gasteiger partial charge in [-0.15, -0.1) is 15.8 Å². The number of carbonyl (C=O) groups is 1. The Labute approximate surface area is 139 Å². The van der Waals surface area contributed by atoms with Crippen LogP contribution in [0.1, 0.15) is 27.2 Å². The van der Waals surface area contributed by atoms with Crippen molar-refractivity contribution in [1.82, 2.24) is 8.38 Å². The van der Waals surface area contributed by atoms with Crippen molar-refractivity contribution in [3.05, 3.63) is 0 Å². The SMILES string of the molecule is CSC(C)=NOC(=O)N(C)SN(C(C)C)P1(=O)OCCCO1. The van der Waals surface area contributed by atoms with Gasteiger partial charge in [0.2, 0.25) is 0 Å². The van der Waals surface area contributed by atoms with E-state index in [1.807, 2.05) is 20.1 Å². The van der Waals surface area contributed by atoms with E-state index in [2.05, 4.69) is 5.16 Å². The highest BCUT2D eigenvalue weighted by Gasteiger charge is 2.40. The molecule has 0 spiro atoms. The van der Waals surface area contributed by atoms with Gasteiger partial charge in [0.05, 0.1) is 25.3 Å². The molecule has 0 unspecified atom stereocenters. The lowest BCUT2D eigenvalue weighted by atomic mass is 10.4. The van der Waals surface area contributed by atoms with Crippen molar-refractivity contribution in [3.8, 4) is 0 Å².